The molecule has 0 unspecified atom stereocenters. The molecule has 0 saturated heterocycles. The molecule has 0 radical (unpaired) electrons. The van der Waals surface area contributed by atoms with Crippen LogP contribution in [0.3, 0.4) is 0 Å². The van der Waals surface area contributed by atoms with Crippen LogP contribution in [0.25, 0.3) is 0 Å². The van der Waals surface area contributed by atoms with E-state index in [0.717, 1.165) is 6.08 Å². The molecule has 0 fully saturated rings. The van der Waals surface area contributed by atoms with Gasteiger partial charge in [-0.3, -0.25) is 19.2 Å². The van der Waals surface area contributed by atoms with Gasteiger partial charge in [0.25, 0.3) is 0 Å². The molecule has 3 amide bonds. The van der Waals surface area contributed by atoms with Crippen molar-refractivity contribution in [1.29, 1.82) is 0 Å². The average molecular weight is 523 g/mol. The highest BCUT2D eigenvalue weighted by molar-refractivity contribution is 5.90. The van der Waals surface area contributed by atoms with Gasteiger partial charge in [0.2, 0.25) is 17.7 Å². The van der Waals surface area contributed by atoms with Gasteiger partial charge in [-0.2, -0.15) is 0 Å². The van der Waals surface area contributed by atoms with Crippen LogP contribution in [0.1, 0.15) is 19.3 Å². The van der Waals surface area contributed by atoms with Crippen molar-refractivity contribution in [2.24, 2.45) is 0 Å². The van der Waals surface area contributed by atoms with E-state index in [4.69, 9.17) is 14.2 Å². The quantitative estimate of drug-likeness (QED) is 0.0983. The summed E-state index contributed by atoms with van der Waals surface area (Å²) in [6, 6.07) is 0. The van der Waals surface area contributed by atoms with Crippen LogP contribution in [0, 0.1) is 0 Å². The van der Waals surface area contributed by atoms with Crippen LogP contribution in [0.2, 0.25) is 0 Å². The fourth-order valence-electron chi connectivity index (χ4n) is 2.85. The molecule has 0 spiro atoms. The van der Waals surface area contributed by atoms with Crippen LogP contribution in [-0.2, 0) is 33.4 Å². The van der Waals surface area contributed by atoms with Crippen molar-refractivity contribution in [3.63, 3.8) is 0 Å². The van der Waals surface area contributed by atoms with Crippen LogP contribution in [-0.4, -0.2) is 94.9 Å². The fraction of sp³-hybridized carbons (Fsp3) is 0.538. The molecule has 37 heavy (non-hydrogen) atoms. The lowest BCUT2D eigenvalue weighted by Crippen LogP contribution is -2.58. The molecule has 0 atom stereocenters. The van der Waals surface area contributed by atoms with Crippen molar-refractivity contribution in [3.05, 3.63) is 50.6 Å². The Bertz CT molecular complexity index is 723. The molecule has 11 heteroatoms. The van der Waals surface area contributed by atoms with Crippen molar-refractivity contribution in [2.75, 3.05) is 65.8 Å². The van der Waals surface area contributed by atoms with Crippen molar-refractivity contribution < 1.29 is 33.4 Å². The molecule has 208 valence electrons. The molecule has 0 aliphatic carbocycles. The van der Waals surface area contributed by atoms with Gasteiger partial charge in [-0.05, 0) is 50.1 Å². The third kappa shape index (κ3) is 18.8. The second kappa shape index (κ2) is 22.1. The maximum atomic E-state index is 12.2. The van der Waals surface area contributed by atoms with E-state index in [-0.39, 0.29) is 44.0 Å². The Morgan fingerprint density at radius 1 is 0.622 bits per heavy atom. The number of nitrogens with one attached hydrogen (secondary N) is 4. The Morgan fingerprint density at radius 3 is 1.46 bits per heavy atom. The normalized spacial score (nSPS) is 10.7. The first kappa shape index (κ1) is 33.9. The average Bonchev–Trinajstić information content (AvgIpc) is 2.91. The van der Waals surface area contributed by atoms with Gasteiger partial charge in [-0.1, -0.05) is 26.3 Å². The minimum absolute atomic E-state index is 0.0884. The number of rotatable bonds is 25. The van der Waals surface area contributed by atoms with Gasteiger partial charge in [0.15, 0.2) is 5.78 Å². The Morgan fingerprint density at radius 2 is 1.05 bits per heavy atom. The first-order valence-electron chi connectivity index (χ1n) is 12.2. The van der Waals surface area contributed by atoms with Gasteiger partial charge in [-0.25, -0.2) is 0 Å². The van der Waals surface area contributed by atoms with Crippen LogP contribution in [0.4, 0.5) is 0 Å². The summed E-state index contributed by atoms with van der Waals surface area (Å²) in [5, 5.41) is 11.2. The molecule has 0 rings (SSSR count). The summed E-state index contributed by atoms with van der Waals surface area (Å²) in [5.41, 5.74) is -0.994. The SMILES string of the molecule is C=CC(=O)CNCCCOCC(COCCCNC(=O)C=C)(COCCCNC(=O)C=C)NC(=O)C=C. The highest BCUT2D eigenvalue weighted by Crippen LogP contribution is 2.10. The summed E-state index contributed by atoms with van der Waals surface area (Å²) in [6.45, 7) is 16.7. The topological polar surface area (TPSA) is 144 Å². The van der Waals surface area contributed by atoms with E-state index >= 15 is 0 Å². The predicted molar refractivity (Wildman–Crippen MR) is 142 cm³/mol. The number of ketones is 1. The molecule has 11 nitrogen and oxygen atoms in total. The van der Waals surface area contributed by atoms with E-state index in [2.05, 4.69) is 47.6 Å². The molecule has 4 N–H and O–H groups in total. The third-order valence-corrected chi connectivity index (χ3v) is 4.78. The standard InChI is InChI=1S/C26H42N4O7/c1-5-22(31)18-27-12-9-15-35-19-26(30-25(34)8-4,20-36-16-10-13-28-23(32)6-2)21-37-17-11-14-29-24(33)7-3/h5-8,27H,1-4,9-21H2,(H,28,32)(H,29,33)(H,30,34). The van der Waals surface area contributed by atoms with Crippen LogP contribution >= 0.6 is 0 Å². The lowest BCUT2D eigenvalue weighted by molar-refractivity contribution is -0.123. The predicted octanol–water partition coefficient (Wildman–Crippen LogP) is 0.197. The summed E-state index contributed by atoms with van der Waals surface area (Å²) in [6.07, 6.45) is 6.58. The number of hydrogen-bond acceptors (Lipinski definition) is 8. The first-order chi connectivity index (χ1) is 17.8. The lowest BCUT2D eigenvalue weighted by Gasteiger charge is -2.34. The van der Waals surface area contributed by atoms with Gasteiger partial charge in [0, 0.05) is 32.9 Å². The van der Waals surface area contributed by atoms with Gasteiger partial charge in [0.05, 0.1) is 26.4 Å². The number of carbonyl (C=O) groups excluding carboxylic acids is 4. The minimum atomic E-state index is -0.994. The summed E-state index contributed by atoms with van der Waals surface area (Å²) in [4.78, 5) is 46.0. The van der Waals surface area contributed by atoms with Gasteiger partial charge < -0.3 is 35.5 Å². The smallest absolute Gasteiger partial charge is 0.244 e. The van der Waals surface area contributed by atoms with Crippen molar-refractivity contribution in [3.8, 4) is 0 Å². The van der Waals surface area contributed by atoms with Crippen molar-refractivity contribution >= 4 is 23.5 Å². The number of ether oxygens (including phenoxy) is 3. The molecular formula is C26H42N4O7. The third-order valence-electron chi connectivity index (χ3n) is 4.78. The molecule has 0 aliphatic rings. The summed E-state index contributed by atoms with van der Waals surface area (Å²) in [7, 11) is 0. The van der Waals surface area contributed by atoms with Crippen LogP contribution in [0.5, 0.6) is 0 Å². The van der Waals surface area contributed by atoms with E-state index in [1.165, 1.54) is 18.2 Å². The summed E-state index contributed by atoms with van der Waals surface area (Å²) in [5.74, 6) is -1.02. The highest BCUT2D eigenvalue weighted by atomic mass is 16.5. The van der Waals surface area contributed by atoms with Crippen LogP contribution in [0.15, 0.2) is 50.6 Å². The molecule has 0 bridgehead atoms. The molecular weight excluding hydrogens is 480 g/mol. The zero-order valence-corrected chi connectivity index (χ0v) is 21.7. The van der Waals surface area contributed by atoms with Gasteiger partial charge >= 0.3 is 0 Å². The molecule has 0 aromatic heterocycles. The highest BCUT2D eigenvalue weighted by Gasteiger charge is 2.33. The molecule has 0 heterocycles. The number of amides is 3. The van der Waals surface area contributed by atoms with E-state index < -0.39 is 11.4 Å². The Hall–Kier alpha value is -3.12. The molecule has 0 aliphatic heterocycles. The second-order valence-electron chi connectivity index (χ2n) is 8.03. The fourth-order valence-corrected chi connectivity index (χ4v) is 2.85. The molecule has 0 aromatic rings. The van der Waals surface area contributed by atoms with Crippen molar-refractivity contribution in [1.82, 2.24) is 21.3 Å². The summed E-state index contributed by atoms with van der Waals surface area (Å²) >= 11 is 0. The lowest BCUT2D eigenvalue weighted by atomic mass is 10.0. The van der Waals surface area contributed by atoms with Crippen molar-refractivity contribution in [2.45, 2.75) is 24.8 Å². The first-order valence-corrected chi connectivity index (χ1v) is 12.2. The minimum Gasteiger partial charge on any atom is -0.379 e. The number of hydrogen-bond donors (Lipinski definition) is 4. The zero-order valence-electron chi connectivity index (χ0n) is 21.7. The summed E-state index contributed by atoms with van der Waals surface area (Å²) < 4.78 is 17.4. The van der Waals surface area contributed by atoms with Gasteiger partial charge in [0.1, 0.15) is 5.54 Å². The maximum Gasteiger partial charge on any atom is 0.244 e. The largest absolute Gasteiger partial charge is 0.379 e. The van der Waals surface area contributed by atoms with E-state index in [1.54, 1.807) is 0 Å². The van der Waals surface area contributed by atoms with Crippen LogP contribution < -0.4 is 21.3 Å². The molecule has 0 saturated carbocycles. The number of carbonyl (C=O) groups is 4. The second-order valence-corrected chi connectivity index (χ2v) is 8.03. The Balaban J connectivity index is 4.90. The van der Waals surface area contributed by atoms with Gasteiger partial charge in [-0.15, -0.1) is 0 Å². The zero-order chi connectivity index (χ0) is 27.8. The Labute approximate surface area is 219 Å². The maximum absolute atomic E-state index is 12.2. The van der Waals surface area contributed by atoms with E-state index in [1.807, 2.05) is 0 Å². The van der Waals surface area contributed by atoms with E-state index in [9.17, 15) is 19.2 Å². The van der Waals surface area contributed by atoms with E-state index in [0.29, 0.717) is 58.7 Å². The Kier molecular flexibility index (Phi) is 20.2. The monoisotopic (exact) mass is 522 g/mol. The molecule has 0 aromatic carbocycles.